The molecule has 0 heterocycles. The summed E-state index contributed by atoms with van der Waals surface area (Å²) in [6.07, 6.45) is -5.56. The summed E-state index contributed by atoms with van der Waals surface area (Å²) in [5, 5.41) is 2.09. The summed E-state index contributed by atoms with van der Waals surface area (Å²) in [5.74, 6) is -1.52. The van der Waals surface area contributed by atoms with E-state index in [4.69, 9.17) is 16.3 Å². The van der Waals surface area contributed by atoms with Crippen molar-refractivity contribution in [1.29, 1.82) is 0 Å². The number of carbonyl (C=O) groups excluding carboxylic acids is 2. The van der Waals surface area contributed by atoms with Gasteiger partial charge in [0, 0.05) is 5.02 Å². The van der Waals surface area contributed by atoms with Gasteiger partial charge in [-0.15, -0.1) is 0 Å². The summed E-state index contributed by atoms with van der Waals surface area (Å²) in [4.78, 5) is 22.8. The lowest BCUT2D eigenvalue weighted by molar-refractivity contribution is -0.156. The Bertz CT molecular complexity index is 578. The number of benzene rings is 1. The predicted molar refractivity (Wildman–Crippen MR) is 76.3 cm³/mol. The van der Waals surface area contributed by atoms with Crippen LogP contribution in [0.15, 0.2) is 18.2 Å². The maximum absolute atomic E-state index is 11.9. The second kappa shape index (κ2) is 8.05. The Morgan fingerprint density at radius 1 is 1.35 bits per heavy atom. The normalized spacial score (nSPS) is 12.4. The van der Waals surface area contributed by atoms with Crippen LogP contribution in [-0.2, 0) is 14.3 Å². The van der Waals surface area contributed by atoms with E-state index >= 15 is 0 Å². The summed E-state index contributed by atoms with van der Waals surface area (Å²) in [6.45, 7) is 0.815. The van der Waals surface area contributed by atoms with Crippen LogP contribution in [0.25, 0.3) is 0 Å². The highest BCUT2D eigenvalue weighted by atomic mass is 35.5. The lowest BCUT2D eigenvalue weighted by atomic mass is 10.2. The molecular formula is C14H15ClF3NO4. The third kappa shape index (κ3) is 7.23. The largest absolute Gasteiger partial charge is 0.479 e. The zero-order valence-corrected chi connectivity index (χ0v) is 13.1. The third-order valence-corrected chi connectivity index (χ3v) is 2.84. The molecule has 1 unspecified atom stereocenters. The van der Waals surface area contributed by atoms with Crippen LogP contribution in [0, 0.1) is 6.92 Å². The van der Waals surface area contributed by atoms with E-state index < -0.39 is 37.3 Å². The monoisotopic (exact) mass is 353 g/mol. The maximum atomic E-state index is 11.9. The third-order valence-electron chi connectivity index (χ3n) is 2.60. The molecule has 0 fully saturated rings. The van der Waals surface area contributed by atoms with Crippen LogP contribution in [0.2, 0.25) is 5.02 Å². The molecule has 0 aliphatic rings. The summed E-state index contributed by atoms with van der Waals surface area (Å²) < 4.78 is 45.7. The van der Waals surface area contributed by atoms with Crippen LogP contribution < -0.4 is 10.1 Å². The van der Waals surface area contributed by atoms with Crippen LogP contribution in [0.3, 0.4) is 0 Å². The summed E-state index contributed by atoms with van der Waals surface area (Å²) in [7, 11) is 0. The van der Waals surface area contributed by atoms with Gasteiger partial charge in [0.1, 0.15) is 12.3 Å². The zero-order chi connectivity index (χ0) is 17.6. The van der Waals surface area contributed by atoms with Crippen LogP contribution in [0.5, 0.6) is 5.75 Å². The molecule has 1 N–H and O–H groups in total. The van der Waals surface area contributed by atoms with E-state index in [1.807, 2.05) is 0 Å². The van der Waals surface area contributed by atoms with Crippen LogP contribution in [-0.4, -0.2) is 37.3 Å². The van der Waals surface area contributed by atoms with Crippen molar-refractivity contribution in [2.75, 3.05) is 13.2 Å². The first kappa shape index (κ1) is 19.1. The van der Waals surface area contributed by atoms with E-state index in [0.717, 1.165) is 0 Å². The number of esters is 1. The standard InChI is InChI=1S/C14H15ClF3NO4/c1-8-5-10(15)3-4-11(8)23-9(2)13(21)22-6-12(20)19-7-14(16,17)18/h3-5,9H,6-7H2,1-2H3,(H,19,20). The second-order valence-corrected chi connectivity index (χ2v) is 5.11. The van der Waals surface area contributed by atoms with Gasteiger partial charge in [-0.2, -0.15) is 13.2 Å². The SMILES string of the molecule is Cc1cc(Cl)ccc1OC(C)C(=O)OCC(=O)NCC(F)(F)F. The topological polar surface area (TPSA) is 64.6 Å². The number of nitrogens with one attached hydrogen (secondary N) is 1. The molecule has 0 aromatic heterocycles. The Balaban J connectivity index is 2.43. The van der Waals surface area contributed by atoms with Crippen molar-refractivity contribution in [2.45, 2.75) is 26.1 Å². The molecule has 0 bridgehead atoms. The smallest absolute Gasteiger partial charge is 0.405 e. The van der Waals surface area contributed by atoms with E-state index in [0.29, 0.717) is 16.3 Å². The molecule has 0 radical (unpaired) electrons. The van der Waals surface area contributed by atoms with Crippen molar-refractivity contribution in [2.24, 2.45) is 0 Å². The number of carbonyl (C=O) groups is 2. The Morgan fingerprint density at radius 3 is 2.57 bits per heavy atom. The van der Waals surface area contributed by atoms with Gasteiger partial charge in [-0.25, -0.2) is 4.79 Å². The van der Waals surface area contributed by atoms with E-state index in [1.54, 1.807) is 30.4 Å². The summed E-state index contributed by atoms with van der Waals surface area (Å²) in [6, 6.07) is 4.78. The lowest BCUT2D eigenvalue weighted by Crippen LogP contribution is -2.37. The average molecular weight is 354 g/mol. The van der Waals surface area contributed by atoms with Gasteiger partial charge in [0.05, 0.1) is 0 Å². The minimum atomic E-state index is -4.53. The van der Waals surface area contributed by atoms with Crippen LogP contribution >= 0.6 is 11.6 Å². The van der Waals surface area contributed by atoms with E-state index in [2.05, 4.69) is 4.74 Å². The van der Waals surface area contributed by atoms with Gasteiger partial charge in [0.25, 0.3) is 5.91 Å². The number of rotatable bonds is 6. The molecular weight excluding hydrogens is 339 g/mol. The highest BCUT2D eigenvalue weighted by molar-refractivity contribution is 6.30. The zero-order valence-electron chi connectivity index (χ0n) is 12.4. The van der Waals surface area contributed by atoms with Crippen molar-refractivity contribution < 1.29 is 32.2 Å². The van der Waals surface area contributed by atoms with Gasteiger partial charge in [-0.3, -0.25) is 4.79 Å². The minimum Gasteiger partial charge on any atom is -0.479 e. The molecule has 128 valence electrons. The lowest BCUT2D eigenvalue weighted by Gasteiger charge is -2.15. The van der Waals surface area contributed by atoms with Gasteiger partial charge in [-0.05, 0) is 37.6 Å². The van der Waals surface area contributed by atoms with Gasteiger partial charge in [-0.1, -0.05) is 11.6 Å². The molecule has 1 aromatic rings. The van der Waals surface area contributed by atoms with Crippen LogP contribution in [0.4, 0.5) is 13.2 Å². The Kier molecular flexibility index (Phi) is 6.68. The number of ether oxygens (including phenoxy) is 2. The number of halogens is 4. The quantitative estimate of drug-likeness (QED) is 0.799. The van der Waals surface area contributed by atoms with Gasteiger partial charge in [0.2, 0.25) is 0 Å². The van der Waals surface area contributed by atoms with Crippen molar-refractivity contribution in [3.8, 4) is 5.75 Å². The first-order valence-corrected chi connectivity index (χ1v) is 6.89. The molecule has 0 spiro atoms. The van der Waals surface area contributed by atoms with Crippen molar-refractivity contribution >= 4 is 23.5 Å². The molecule has 0 aliphatic carbocycles. The Labute approximate surface area is 135 Å². The first-order valence-electron chi connectivity index (χ1n) is 6.51. The molecule has 0 saturated heterocycles. The molecule has 0 aliphatic heterocycles. The second-order valence-electron chi connectivity index (χ2n) is 4.67. The predicted octanol–water partition coefficient (Wildman–Crippen LogP) is 2.64. The van der Waals surface area contributed by atoms with Gasteiger partial charge >= 0.3 is 12.1 Å². The van der Waals surface area contributed by atoms with Crippen molar-refractivity contribution in [3.05, 3.63) is 28.8 Å². The number of amides is 1. The number of hydrogen-bond donors (Lipinski definition) is 1. The number of hydrogen-bond acceptors (Lipinski definition) is 4. The van der Waals surface area contributed by atoms with Crippen molar-refractivity contribution in [1.82, 2.24) is 5.32 Å². The molecule has 1 atom stereocenters. The fourth-order valence-corrected chi connectivity index (χ4v) is 1.71. The Morgan fingerprint density at radius 2 is 2.00 bits per heavy atom. The van der Waals surface area contributed by atoms with E-state index in [9.17, 15) is 22.8 Å². The molecule has 5 nitrogen and oxygen atoms in total. The fraction of sp³-hybridized carbons (Fsp3) is 0.429. The number of alkyl halides is 3. The Hall–Kier alpha value is -1.96. The molecule has 23 heavy (non-hydrogen) atoms. The molecule has 0 saturated carbocycles. The van der Waals surface area contributed by atoms with Gasteiger partial charge in [0.15, 0.2) is 12.7 Å². The molecule has 1 aromatic carbocycles. The maximum Gasteiger partial charge on any atom is 0.405 e. The van der Waals surface area contributed by atoms with Gasteiger partial charge < -0.3 is 14.8 Å². The molecule has 1 rings (SSSR count). The molecule has 1 amide bonds. The molecule has 9 heteroatoms. The van der Waals surface area contributed by atoms with E-state index in [1.165, 1.54) is 6.92 Å². The highest BCUT2D eigenvalue weighted by Crippen LogP contribution is 2.23. The fourth-order valence-electron chi connectivity index (χ4n) is 1.49. The first-order chi connectivity index (χ1) is 10.6. The minimum absolute atomic E-state index is 0.403. The average Bonchev–Trinajstić information content (AvgIpc) is 2.44. The van der Waals surface area contributed by atoms with Crippen LogP contribution in [0.1, 0.15) is 12.5 Å². The summed E-state index contributed by atoms with van der Waals surface area (Å²) in [5.41, 5.74) is 0.695. The van der Waals surface area contributed by atoms with Crippen molar-refractivity contribution in [3.63, 3.8) is 0 Å². The highest BCUT2D eigenvalue weighted by Gasteiger charge is 2.28. The summed E-state index contributed by atoms with van der Waals surface area (Å²) >= 11 is 5.79. The van der Waals surface area contributed by atoms with E-state index in [-0.39, 0.29) is 0 Å². The number of aryl methyl sites for hydroxylation is 1.